The molecule has 1 unspecified atom stereocenters. The fraction of sp³-hybridized carbons (Fsp3) is 0.476. The van der Waals surface area contributed by atoms with Gasteiger partial charge < -0.3 is 9.80 Å². The lowest BCUT2D eigenvalue weighted by Gasteiger charge is -2.29. The van der Waals surface area contributed by atoms with Crippen molar-refractivity contribution in [1.82, 2.24) is 25.0 Å². The molecule has 0 radical (unpaired) electrons. The second-order valence-electron chi connectivity index (χ2n) is 8.18. The summed E-state index contributed by atoms with van der Waals surface area (Å²) >= 11 is 0. The number of imide groups is 1. The van der Waals surface area contributed by atoms with Gasteiger partial charge in [0.1, 0.15) is 6.04 Å². The Morgan fingerprint density at radius 1 is 1.10 bits per heavy atom. The van der Waals surface area contributed by atoms with E-state index in [0.717, 1.165) is 30.2 Å². The highest BCUT2D eigenvalue weighted by atomic mass is 16.2. The molecule has 0 saturated carbocycles. The number of carbonyl (C=O) groups excluding carboxylic acids is 3. The SMILES string of the molecule is Cn1nc(-c2ccc3c(c2)CN(C2CCC(=O)NC2=O)C3=O)nc1N1CCCCC1. The average Bonchev–Trinajstić information content (AvgIpc) is 3.29. The highest BCUT2D eigenvalue weighted by Crippen LogP contribution is 2.31. The molecule has 9 nitrogen and oxygen atoms in total. The number of aryl methyl sites for hydroxylation is 1. The summed E-state index contributed by atoms with van der Waals surface area (Å²) in [5, 5.41) is 6.93. The first-order valence-corrected chi connectivity index (χ1v) is 10.5. The maximum atomic E-state index is 12.9. The van der Waals surface area contributed by atoms with Gasteiger partial charge in [-0.05, 0) is 43.4 Å². The summed E-state index contributed by atoms with van der Waals surface area (Å²) in [6, 6.07) is 4.98. The number of rotatable bonds is 3. The topological polar surface area (TPSA) is 100 Å². The molecule has 1 N–H and O–H groups in total. The molecule has 1 atom stereocenters. The minimum Gasteiger partial charge on any atom is -0.341 e. The van der Waals surface area contributed by atoms with Crippen LogP contribution in [0.1, 0.15) is 48.0 Å². The van der Waals surface area contributed by atoms with E-state index >= 15 is 0 Å². The highest BCUT2D eigenvalue weighted by molar-refractivity contribution is 6.05. The van der Waals surface area contributed by atoms with Crippen LogP contribution in [0.5, 0.6) is 0 Å². The van der Waals surface area contributed by atoms with E-state index in [2.05, 4.69) is 15.3 Å². The standard InChI is InChI=1S/C21H24N6O3/c1-25-21(26-9-3-2-4-10-26)23-18(24-25)13-5-6-15-14(11-13)12-27(20(15)30)16-7-8-17(28)22-19(16)29/h5-6,11,16H,2-4,7-10,12H2,1H3,(H,22,28,29). The van der Waals surface area contributed by atoms with Crippen LogP contribution < -0.4 is 10.2 Å². The third kappa shape index (κ3) is 3.14. The summed E-state index contributed by atoms with van der Waals surface area (Å²) in [5.74, 6) is 0.645. The molecule has 9 heteroatoms. The van der Waals surface area contributed by atoms with Crippen molar-refractivity contribution in [3.05, 3.63) is 29.3 Å². The maximum Gasteiger partial charge on any atom is 0.255 e. The molecule has 1 aromatic heterocycles. The first kappa shape index (κ1) is 18.8. The summed E-state index contributed by atoms with van der Waals surface area (Å²) in [4.78, 5) is 45.1. The largest absolute Gasteiger partial charge is 0.341 e. The van der Waals surface area contributed by atoms with E-state index in [4.69, 9.17) is 4.98 Å². The van der Waals surface area contributed by atoms with Crippen molar-refractivity contribution >= 4 is 23.7 Å². The monoisotopic (exact) mass is 408 g/mol. The number of hydrogen-bond donors (Lipinski definition) is 1. The molecule has 3 aliphatic heterocycles. The van der Waals surface area contributed by atoms with Crippen LogP contribution in [0.3, 0.4) is 0 Å². The smallest absolute Gasteiger partial charge is 0.255 e. The summed E-state index contributed by atoms with van der Waals surface area (Å²) < 4.78 is 1.81. The van der Waals surface area contributed by atoms with Gasteiger partial charge in [0.2, 0.25) is 17.8 Å². The number of piperidine rings is 2. The molecule has 5 rings (SSSR count). The van der Waals surface area contributed by atoms with E-state index in [1.807, 2.05) is 23.9 Å². The van der Waals surface area contributed by atoms with Crippen LogP contribution in [0.4, 0.5) is 5.95 Å². The molecule has 3 amide bonds. The number of amides is 3. The summed E-state index contributed by atoms with van der Waals surface area (Å²) in [6.07, 6.45) is 4.19. The molecule has 2 fully saturated rings. The van der Waals surface area contributed by atoms with Crippen molar-refractivity contribution in [1.29, 1.82) is 0 Å². The molecule has 3 aliphatic rings. The predicted octanol–water partition coefficient (Wildman–Crippen LogP) is 1.23. The molecule has 156 valence electrons. The number of carbonyl (C=O) groups is 3. The van der Waals surface area contributed by atoms with E-state index in [1.54, 1.807) is 11.0 Å². The second-order valence-corrected chi connectivity index (χ2v) is 8.18. The molecular formula is C21H24N6O3. The Hall–Kier alpha value is -3.23. The van der Waals surface area contributed by atoms with Crippen molar-refractivity contribution in [2.24, 2.45) is 7.05 Å². The number of benzene rings is 1. The molecule has 0 spiro atoms. The second kappa shape index (κ2) is 7.23. The van der Waals surface area contributed by atoms with Crippen molar-refractivity contribution < 1.29 is 14.4 Å². The minimum absolute atomic E-state index is 0.172. The van der Waals surface area contributed by atoms with Crippen LogP contribution in [-0.2, 0) is 23.2 Å². The van der Waals surface area contributed by atoms with Crippen LogP contribution in [0.15, 0.2) is 18.2 Å². The Bertz CT molecular complexity index is 1040. The summed E-state index contributed by atoms with van der Waals surface area (Å²) in [6.45, 7) is 2.33. The summed E-state index contributed by atoms with van der Waals surface area (Å²) in [7, 11) is 1.90. The molecule has 2 aromatic rings. The van der Waals surface area contributed by atoms with E-state index in [9.17, 15) is 14.4 Å². The fourth-order valence-corrected chi connectivity index (χ4v) is 4.58. The Kier molecular flexibility index (Phi) is 4.52. The number of hydrogen-bond acceptors (Lipinski definition) is 6. The van der Waals surface area contributed by atoms with Crippen LogP contribution in [0, 0.1) is 0 Å². The van der Waals surface area contributed by atoms with E-state index in [0.29, 0.717) is 24.4 Å². The Morgan fingerprint density at radius 2 is 1.90 bits per heavy atom. The Labute approximate surface area is 174 Å². The van der Waals surface area contributed by atoms with Crippen LogP contribution in [0.25, 0.3) is 11.4 Å². The predicted molar refractivity (Wildman–Crippen MR) is 109 cm³/mol. The number of nitrogens with zero attached hydrogens (tertiary/aromatic N) is 5. The van der Waals surface area contributed by atoms with Gasteiger partial charge in [0.05, 0.1) is 0 Å². The van der Waals surface area contributed by atoms with Gasteiger partial charge in [0.25, 0.3) is 5.91 Å². The lowest BCUT2D eigenvalue weighted by molar-refractivity contribution is -0.136. The van der Waals surface area contributed by atoms with Crippen LogP contribution in [-0.4, -0.2) is 56.5 Å². The Morgan fingerprint density at radius 3 is 2.67 bits per heavy atom. The molecule has 4 heterocycles. The first-order valence-electron chi connectivity index (χ1n) is 10.5. The number of fused-ring (bicyclic) bond motifs is 1. The molecular weight excluding hydrogens is 384 g/mol. The lowest BCUT2D eigenvalue weighted by atomic mass is 10.0. The highest BCUT2D eigenvalue weighted by Gasteiger charge is 2.39. The fourth-order valence-electron chi connectivity index (χ4n) is 4.58. The lowest BCUT2D eigenvalue weighted by Crippen LogP contribution is -2.52. The quantitative estimate of drug-likeness (QED) is 0.767. The minimum atomic E-state index is -0.607. The van der Waals surface area contributed by atoms with E-state index < -0.39 is 11.9 Å². The molecule has 1 aromatic carbocycles. The molecule has 0 bridgehead atoms. The molecule has 2 saturated heterocycles. The van der Waals surface area contributed by atoms with Gasteiger partial charge in [-0.2, -0.15) is 4.98 Å². The van der Waals surface area contributed by atoms with Gasteiger partial charge in [0, 0.05) is 44.2 Å². The van der Waals surface area contributed by atoms with Gasteiger partial charge in [-0.3, -0.25) is 19.7 Å². The number of anilines is 1. The zero-order valence-electron chi connectivity index (χ0n) is 16.9. The van der Waals surface area contributed by atoms with Crippen LogP contribution in [0.2, 0.25) is 0 Å². The molecule has 0 aliphatic carbocycles. The van der Waals surface area contributed by atoms with Gasteiger partial charge in [0.15, 0.2) is 5.82 Å². The normalized spacial score (nSPS) is 21.8. The van der Waals surface area contributed by atoms with Crippen molar-refractivity contribution in [3.8, 4) is 11.4 Å². The first-order chi connectivity index (χ1) is 14.5. The Balaban J connectivity index is 1.40. The molecule has 30 heavy (non-hydrogen) atoms. The number of aromatic nitrogens is 3. The van der Waals surface area contributed by atoms with Crippen molar-refractivity contribution in [2.45, 2.75) is 44.7 Å². The maximum absolute atomic E-state index is 12.9. The third-order valence-electron chi connectivity index (χ3n) is 6.16. The van der Waals surface area contributed by atoms with E-state index in [-0.39, 0.29) is 18.2 Å². The van der Waals surface area contributed by atoms with Gasteiger partial charge in [-0.1, -0.05) is 6.07 Å². The van der Waals surface area contributed by atoms with Gasteiger partial charge in [-0.25, -0.2) is 4.68 Å². The van der Waals surface area contributed by atoms with Crippen LogP contribution >= 0.6 is 0 Å². The van der Waals surface area contributed by atoms with Gasteiger partial charge in [-0.15, -0.1) is 5.10 Å². The van der Waals surface area contributed by atoms with Gasteiger partial charge >= 0.3 is 0 Å². The van der Waals surface area contributed by atoms with Crippen molar-refractivity contribution in [3.63, 3.8) is 0 Å². The number of nitrogens with one attached hydrogen (secondary N) is 1. The average molecular weight is 408 g/mol. The third-order valence-corrected chi connectivity index (χ3v) is 6.16. The zero-order valence-corrected chi connectivity index (χ0v) is 16.9. The van der Waals surface area contributed by atoms with E-state index in [1.165, 1.54) is 19.3 Å². The van der Waals surface area contributed by atoms with Crippen molar-refractivity contribution in [2.75, 3.05) is 18.0 Å². The summed E-state index contributed by atoms with van der Waals surface area (Å²) in [5.41, 5.74) is 2.30. The zero-order chi connectivity index (χ0) is 20.8.